The van der Waals surface area contributed by atoms with Gasteiger partial charge in [0.2, 0.25) is 0 Å². The second-order valence-corrected chi connectivity index (χ2v) is 13.8. The quantitative estimate of drug-likeness (QED) is 0.317. The van der Waals surface area contributed by atoms with Crippen molar-refractivity contribution in [3.63, 3.8) is 0 Å². The van der Waals surface area contributed by atoms with Gasteiger partial charge in [-0.2, -0.15) is 0 Å². The van der Waals surface area contributed by atoms with E-state index in [0.29, 0.717) is 66.6 Å². The highest BCUT2D eigenvalue weighted by molar-refractivity contribution is 6.30. The van der Waals surface area contributed by atoms with E-state index in [1.807, 2.05) is 54.3 Å². The largest absolute Gasteiger partial charge is 0.490 e. The van der Waals surface area contributed by atoms with Crippen LogP contribution in [0.4, 0.5) is 0 Å². The second kappa shape index (κ2) is 11.8. The summed E-state index contributed by atoms with van der Waals surface area (Å²) < 4.78 is 12.2. The van der Waals surface area contributed by atoms with Crippen molar-refractivity contribution in [1.82, 2.24) is 4.90 Å². The number of halogens is 1. The Morgan fingerprint density at radius 1 is 0.907 bits per heavy atom. The summed E-state index contributed by atoms with van der Waals surface area (Å²) in [5, 5.41) is 10.2. The third-order valence-corrected chi connectivity index (χ3v) is 8.69. The van der Waals surface area contributed by atoms with Gasteiger partial charge in [-0.25, -0.2) is 0 Å². The number of Topliss-reactive ketones (excluding diaryl/α,β-unsaturated/α-hetero) is 2. The lowest BCUT2D eigenvalue weighted by atomic mass is 9.63. The number of carboxylic acid groups (broad SMARTS) is 1. The van der Waals surface area contributed by atoms with Crippen LogP contribution in [0.1, 0.15) is 83.8 Å². The van der Waals surface area contributed by atoms with Crippen LogP contribution >= 0.6 is 11.6 Å². The molecular formula is C35H40ClNO6. The maximum absolute atomic E-state index is 14.0. The summed E-state index contributed by atoms with van der Waals surface area (Å²) in [4.78, 5) is 41.7. The predicted octanol–water partition coefficient (Wildman–Crippen LogP) is 7.48. The average Bonchev–Trinajstić information content (AvgIpc) is 2.89. The van der Waals surface area contributed by atoms with Crippen molar-refractivity contribution in [2.45, 2.75) is 79.2 Å². The number of benzene rings is 2. The van der Waals surface area contributed by atoms with E-state index in [1.165, 1.54) is 0 Å². The van der Waals surface area contributed by atoms with Crippen LogP contribution in [-0.4, -0.2) is 40.7 Å². The minimum absolute atomic E-state index is 0.00000129. The van der Waals surface area contributed by atoms with Gasteiger partial charge in [0.15, 0.2) is 23.1 Å². The molecule has 8 heteroatoms. The van der Waals surface area contributed by atoms with E-state index in [2.05, 4.69) is 27.7 Å². The van der Waals surface area contributed by atoms with Crippen molar-refractivity contribution in [2.75, 3.05) is 13.2 Å². The zero-order valence-corrected chi connectivity index (χ0v) is 26.3. The van der Waals surface area contributed by atoms with Gasteiger partial charge in [-0.1, -0.05) is 57.5 Å². The fourth-order valence-corrected chi connectivity index (χ4v) is 6.95. The zero-order chi connectivity index (χ0) is 31.1. The first-order valence-corrected chi connectivity index (χ1v) is 15.3. The number of carbonyl (C=O) groups excluding carboxylic acids is 2. The summed E-state index contributed by atoms with van der Waals surface area (Å²) in [7, 11) is 0. The van der Waals surface area contributed by atoms with Crippen molar-refractivity contribution in [3.05, 3.63) is 81.2 Å². The molecule has 0 bridgehead atoms. The van der Waals surface area contributed by atoms with E-state index in [0.717, 1.165) is 22.5 Å². The number of carboxylic acids is 1. The van der Waals surface area contributed by atoms with Crippen LogP contribution in [0.25, 0.3) is 0 Å². The molecule has 3 aliphatic rings. The highest BCUT2D eigenvalue weighted by Crippen LogP contribution is 2.55. The first-order chi connectivity index (χ1) is 20.3. The minimum Gasteiger partial charge on any atom is -0.490 e. The number of allylic oxidation sites excluding steroid dienone is 4. The molecule has 0 unspecified atom stereocenters. The van der Waals surface area contributed by atoms with E-state index in [-0.39, 0.29) is 35.4 Å². The molecule has 2 aromatic rings. The van der Waals surface area contributed by atoms with Gasteiger partial charge >= 0.3 is 5.97 Å². The van der Waals surface area contributed by atoms with E-state index in [1.54, 1.807) is 0 Å². The van der Waals surface area contributed by atoms with Gasteiger partial charge in [-0.3, -0.25) is 14.4 Å². The van der Waals surface area contributed by atoms with Crippen molar-refractivity contribution >= 4 is 29.1 Å². The summed E-state index contributed by atoms with van der Waals surface area (Å²) in [6.07, 6.45) is 1.87. The molecule has 2 aromatic carbocycles. The molecule has 1 heterocycles. The maximum Gasteiger partial charge on any atom is 0.305 e. The first-order valence-electron chi connectivity index (χ1n) is 14.9. The topological polar surface area (TPSA) is 93.1 Å². The fraction of sp³-hybridized carbons (Fsp3) is 0.457. The number of ketones is 2. The molecule has 0 radical (unpaired) electrons. The molecule has 43 heavy (non-hydrogen) atoms. The lowest BCUT2D eigenvalue weighted by Crippen LogP contribution is -2.45. The number of aliphatic carboxylic acids is 1. The lowest BCUT2D eigenvalue weighted by molar-refractivity contribution is -0.137. The second-order valence-electron chi connectivity index (χ2n) is 13.4. The minimum atomic E-state index is -0.913. The average molecular weight is 606 g/mol. The highest BCUT2D eigenvalue weighted by Gasteiger charge is 2.49. The molecule has 0 saturated heterocycles. The summed E-state index contributed by atoms with van der Waals surface area (Å²) in [6.45, 7) is 11.1. The van der Waals surface area contributed by atoms with E-state index < -0.39 is 11.9 Å². The monoisotopic (exact) mass is 605 g/mol. The van der Waals surface area contributed by atoms with Gasteiger partial charge in [0.1, 0.15) is 6.61 Å². The van der Waals surface area contributed by atoms with Crippen LogP contribution in [0, 0.1) is 10.8 Å². The molecule has 1 N–H and O–H groups in total. The fourth-order valence-electron chi connectivity index (χ4n) is 6.74. The van der Waals surface area contributed by atoms with Gasteiger partial charge in [0.05, 0.1) is 13.0 Å². The Hall–Kier alpha value is -3.58. The molecular weight excluding hydrogens is 566 g/mol. The third kappa shape index (κ3) is 6.52. The van der Waals surface area contributed by atoms with Crippen LogP contribution in [0.15, 0.2) is 65.0 Å². The van der Waals surface area contributed by atoms with Crippen molar-refractivity contribution in [1.29, 1.82) is 0 Å². The van der Waals surface area contributed by atoms with Gasteiger partial charge in [0, 0.05) is 52.9 Å². The molecule has 0 aromatic heterocycles. The molecule has 0 spiro atoms. The maximum atomic E-state index is 14.0. The first kappa shape index (κ1) is 30.9. The SMILES string of the molecule is CCOc1cc(C2C3=C(CC(C)(C)CC3=O)N(CCC(=O)O)C3=C2C(=O)CC(C)(C)C3)ccc1OCc1cccc(Cl)c1. The van der Waals surface area contributed by atoms with E-state index in [9.17, 15) is 19.5 Å². The number of nitrogens with zero attached hydrogens (tertiary/aromatic N) is 1. The van der Waals surface area contributed by atoms with Crippen LogP contribution in [0.5, 0.6) is 11.5 Å². The van der Waals surface area contributed by atoms with Crippen LogP contribution in [0.2, 0.25) is 5.02 Å². The zero-order valence-electron chi connectivity index (χ0n) is 25.6. The lowest BCUT2D eigenvalue weighted by Gasteiger charge is -2.49. The van der Waals surface area contributed by atoms with E-state index >= 15 is 0 Å². The molecule has 7 nitrogen and oxygen atoms in total. The van der Waals surface area contributed by atoms with Crippen molar-refractivity contribution < 1.29 is 29.0 Å². The van der Waals surface area contributed by atoms with Gasteiger partial charge in [-0.05, 0) is 66.0 Å². The van der Waals surface area contributed by atoms with Crippen LogP contribution in [-0.2, 0) is 21.0 Å². The predicted molar refractivity (Wildman–Crippen MR) is 165 cm³/mol. The van der Waals surface area contributed by atoms with Gasteiger partial charge in [-0.15, -0.1) is 0 Å². The molecule has 5 rings (SSSR count). The molecule has 1 aliphatic heterocycles. The van der Waals surface area contributed by atoms with Crippen molar-refractivity contribution in [3.8, 4) is 11.5 Å². The highest BCUT2D eigenvalue weighted by atomic mass is 35.5. The van der Waals surface area contributed by atoms with E-state index in [4.69, 9.17) is 21.1 Å². The Labute approximate surface area is 258 Å². The number of carbonyl (C=O) groups is 3. The Morgan fingerprint density at radius 3 is 2.09 bits per heavy atom. The Morgan fingerprint density at radius 2 is 1.53 bits per heavy atom. The van der Waals surface area contributed by atoms with Crippen LogP contribution in [0.3, 0.4) is 0 Å². The summed E-state index contributed by atoms with van der Waals surface area (Å²) in [6, 6.07) is 13.1. The number of hydrogen-bond acceptors (Lipinski definition) is 6. The molecule has 0 amide bonds. The number of hydrogen-bond donors (Lipinski definition) is 1. The van der Waals surface area contributed by atoms with Crippen LogP contribution < -0.4 is 9.47 Å². The third-order valence-electron chi connectivity index (χ3n) is 8.46. The Balaban J connectivity index is 1.63. The summed E-state index contributed by atoms with van der Waals surface area (Å²) >= 11 is 6.15. The standard InChI is InChI=1S/C35H40ClNO6/c1-6-42-29-15-22(10-11-28(29)43-20-21-8-7-9-23(36)14-21)31-32-24(16-34(2,3)18-26(32)38)37(13-12-30(40)41)25-17-35(4,5)19-27(39)33(25)31/h7-11,14-15,31H,6,12-13,16-20H2,1-5H3,(H,40,41). The molecule has 0 fully saturated rings. The normalized spacial score (nSPS) is 19.7. The van der Waals surface area contributed by atoms with Gasteiger partial charge < -0.3 is 19.5 Å². The molecule has 0 atom stereocenters. The summed E-state index contributed by atoms with van der Waals surface area (Å²) in [5.74, 6) is -0.379. The molecule has 0 saturated carbocycles. The number of rotatable bonds is 9. The Bertz CT molecular complexity index is 1480. The summed E-state index contributed by atoms with van der Waals surface area (Å²) in [5.41, 5.74) is 4.02. The molecule has 2 aliphatic carbocycles. The molecule has 228 valence electrons. The smallest absolute Gasteiger partial charge is 0.305 e. The number of ether oxygens (including phenoxy) is 2. The van der Waals surface area contributed by atoms with Crippen molar-refractivity contribution in [2.24, 2.45) is 10.8 Å². The van der Waals surface area contributed by atoms with Gasteiger partial charge in [0.25, 0.3) is 0 Å². The Kier molecular flexibility index (Phi) is 8.50.